The first-order chi connectivity index (χ1) is 39.9. The molecule has 2 unspecified atom stereocenters. The molecule has 2 aliphatic rings. The molecule has 10 aromatic rings. The molecule has 402 valence electrons. The monoisotopic (exact) mass is 1060 g/mol. The molecule has 10 aromatic carbocycles. The molecule has 2 heterocycles. The molecule has 0 saturated heterocycles. The highest BCUT2D eigenvalue weighted by Crippen LogP contribution is 2.46. The van der Waals surface area contributed by atoms with Gasteiger partial charge in [0.1, 0.15) is 0 Å². The summed E-state index contributed by atoms with van der Waals surface area (Å²) in [6.07, 6.45) is 9.69. The third-order valence-electron chi connectivity index (χ3n) is 17.5. The van der Waals surface area contributed by atoms with Gasteiger partial charge < -0.3 is 4.90 Å². The number of benzene rings is 10. The van der Waals surface area contributed by atoms with E-state index in [0.29, 0.717) is 0 Å². The van der Waals surface area contributed by atoms with Gasteiger partial charge in [-0.25, -0.2) is 0 Å². The Hall–Kier alpha value is -8.72. The van der Waals surface area contributed by atoms with E-state index in [1.165, 1.54) is 106 Å². The molecule has 0 radical (unpaired) electrons. The van der Waals surface area contributed by atoms with E-state index in [0.717, 1.165) is 42.5 Å². The van der Waals surface area contributed by atoms with Crippen LogP contribution in [0.25, 0.3) is 39.0 Å². The van der Waals surface area contributed by atoms with Crippen molar-refractivity contribution in [3.63, 3.8) is 0 Å². The molecule has 82 heavy (non-hydrogen) atoms. The van der Waals surface area contributed by atoms with Gasteiger partial charge in [0.05, 0.1) is 0 Å². The molecule has 2 atom stereocenters. The van der Waals surface area contributed by atoms with E-state index in [-0.39, 0.29) is 29.4 Å². The lowest BCUT2D eigenvalue weighted by molar-refractivity contribution is 0.565. The number of allylic oxidation sites excluding steroid dienone is 4. The molecule has 0 aliphatic carbocycles. The number of fused-ring (bicyclic) bond motifs is 4. The third kappa shape index (κ3) is 10.6. The quantitative estimate of drug-likeness (QED) is 0.0822. The molecular weight excluding hydrogens is 986 g/mol. The summed E-state index contributed by atoms with van der Waals surface area (Å²) >= 11 is 0. The van der Waals surface area contributed by atoms with Crippen molar-refractivity contribution in [3.8, 4) is 33.4 Å². The highest BCUT2D eigenvalue weighted by atomic mass is 15.2. The predicted molar refractivity (Wildman–Crippen MR) is 354 cm³/mol. The first kappa shape index (κ1) is 53.9. The third-order valence-corrected chi connectivity index (χ3v) is 17.5. The second-order valence-electron chi connectivity index (χ2n) is 24.8. The van der Waals surface area contributed by atoms with Gasteiger partial charge in [0.25, 0.3) is 0 Å². The Balaban J connectivity index is 1.17. The van der Waals surface area contributed by atoms with Crippen molar-refractivity contribution in [2.45, 2.75) is 89.9 Å². The summed E-state index contributed by atoms with van der Waals surface area (Å²) in [6, 6.07) is 89.8. The standard InChI is InChI=1S/C80H74BN/c1-9-26-55(10-2)62-43-47-74-71(52-62)68(64-36-24-34-60(49-64)56-27-14-11-15-28-56)46-42-65-50-66(69(70-38-21-23-40-73(70)80(6,7)8)45-41-59-33-20-22-39-72(59)79(3,4)5)54-77-78(65)81(74)75-48-44-63(58-31-18-13-19-32-58)53-76(75)82(77)67-37-25-35-61(51-67)57-29-16-12-17-30-57/h9-40,43-44,47-54,68-69H,1-2,41-42,45-46H2,3-8H3/b55-26+. The molecule has 0 amide bonds. The Morgan fingerprint density at radius 2 is 1.12 bits per heavy atom. The number of anilines is 3. The Kier molecular flexibility index (Phi) is 14.9. The van der Waals surface area contributed by atoms with Crippen LogP contribution in [0, 0.1) is 0 Å². The fraction of sp³-hybridized carbons (Fsp3) is 0.175. The molecule has 0 spiro atoms. The smallest absolute Gasteiger partial charge is 0.247 e. The van der Waals surface area contributed by atoms with Crippen LogP contribution < -0.4 is 21.3 Å². The lowest BCUT2D eigenvalue weighted by atomic mass is 9.32. The zero-order chi connectivity index (χ0) is 56.5. The van der Waals surface area contributed by atoms with E-state index in [1.54, 1.807) is 0 Å². The SMILES string of the molecule is C=C/C=C(\C=C)c1ccc2c(c1)C(c1cccc(-c3ccccc3)c1)CCc1cc(C(CCc3ccccc3C(C)(C)C)c3ccccc3C(C)(C)C)cc3c1B2c1ccc(-c2ccccc2)cc1N3c1cccc(-c2ccccc2)c1. The van der Waals surface area contributed by atoms with E-state index in [9.17, 15) is 0 Å². The normalized spacial score (nSPS) is 14.4. The van der Waals surface area contributed by atoms with Crippen LogP contribution in [0.1, 0.15) is 116 Å². The van der Waals surface area contributed by atoms with Crippen LogP contribution >= 0.6 is 0 Å². The molecule has 2 heteroatoms. The first-order valence-electron chi connectivity index (χ1n) is 29.6. The molecule has 0 fully saturated rings. The fourth-order valence-corrected chi connectivity index (χ4v) is 13.6. The number of aryl methyl sites for hydroxylation is 2. The lowest BCUT2D eigenvalue weighted by Crippen LogP contribution is -2.60. The van der Waals surface area contributed by atoms with Crippen molar-refractivity contribution >= 4 is 45.7 Å². The maximum Gasteiger partial charge on any atom is 0.247 e. The van der Waals surface area contributed by atoms with Crippen LogP contribution in [0.3, 0.4) is 0 Å². The summed E-state index contributed by atoms with van der Waals surface area (Å²) in [5.41, 5.74) is 28.2. The van der Waals surface area contributed by atoms with Gasteiger partial charge in [-0.05, 0) is 155 Å². The van der Waals surface area contributed by atoms with Gasteiger partial charge in [-0.2, -0.15) is 0 Å². The van der Waals surface area contributed by atoms with E-state index in [4.69, 9.17) is 0 Å². The van der Waals surface area contributed by atoms with Gasteiger partial charge in [-0.15, -0.1) is 0 Å². The predicted octanol–water partition coefficient (Wildman–Crippen LogP) is 19.2. The van der Waals surface area contributed by atoms with Gasteiger partial charge in [0, 0.05) is 28.9 Å². The lowest BCUT2D eigenvalue weighted by Gasteiger charge is -2.41. The highest BCUT2D eigenvalue weighted by molar-refractivity contribution is 6.98. The second kappa shape index (κ2) is 22.7. The van der Waals surface area contributed by atoms with E-state index >= 15 is 0 Å². The van der Waals surface area contributed by atoms with Crippen LogP contribution in [0.15, 0.2) is 268 Å². The molecular formula is C80H74BN. The zero-order valence-corrected chi connectivity index (χ0v) is 48.7. The summed E-state index contributed by atoms with van der Waals surface area (Å²) in [5, 5.41) is 0. The number of hydrogen-bond donors (Lipinski definition) is 0. The van der Waals surface area contributed by atoms with Crippen LogP contribution in [0.4, 0.5) is 17.1 Å². The van der Waals surface area contributed by atoms with Gasteiger partial charge in [0.15, 0.2) is 0 Å². The van der Waals surface area contributed by atoms with Crippen molar-refractivity contribution < 1.29 is 0 Å². The van der Waals surface area contributed by atoms with E-state index in [2.05, 4.69) is 302 Å². The van der Waals surface area contributed by atoms with Gasteiger partial charge in [-0.1, -0.05) is 296 Å². The van der Waals surface area contributed by atoms with Gasteiger partial charge in [0.2, 0.25) is 6.71 Å². The highest BCUT2D eigenvalue weighted by Gasteiger charge is 2.42. The largest absolute Gasteiger partial charge is 0.311 e. The number of hydrogen-bond acceptors (Lipinski definition) is 1. The maximum absolute atomic E-state index is 4.32. The fourth-order valence-electron chi connectivity index (χ4n) is 13.6. The summed E-state index contributed by atoms with van der Waals surface area (Å²) in [5.74, 6) is 0.193. The van der Waals surface area contributed by atoms with E-state index in [1.807, 2.05) is 12.2 Å². The molecule has 12 rings (SSSR count). The zero-order valence-electron chi connectivity index (χ0n) is 48.7. The van der Waals surface area contributed by atoms with Crippen LogP contribution in [-0.4, -0.2) is 6.71 Å². The van der Waals surface area contributed by atoms with Crippen molar-refractivity contribution in [1.29, 1.82) is 0 Å². The molecule has 0 N–H and O–H groups in total. The Bertz CT molecular complexity index is 4000. The van der Waals surface area contributed by atoms with Crippen molar-refractivity contribution in [3.05, 3.63) is 318 Å². The van der Waals surface area contributed by atoms with Crippen molar-refractivity contribution in [1.82, 2.24) is 0 Å². The van der Waals surface area contributed by atoms with Crippen LogP contribution in [0.2, 0.25) is 0 Å². The number of rotatable bonds is 13. The first-order valence-corrected chi connectivity index (χ1v) is 29.6. The summed E-state index contributed by atoms with van der Waals surface area (Å²) in [4.78, 5) is 2.65. The maximum atomic E-state index is 4.32. The van der Waals surface area contributed by atoms with Gasteiger partial charge >= 0.3 is 0 Å². The minimum atomic E-state index is -0.0777. The molecule has 0 bridgehead atoms. The Morgan fingerprint density at radius 1 is 0.537 bits per heavy atom. The molecule has 1 nitrogen and oxygen atoms in total. The van der Waals surface area contributed by atoms with Crippen LogP contribution in [0.5, 0.6) is 0 Å². The minimum Gasteiger partial charge on any atom is -0.311 e. The molecule has 0 saturated carbocycles. The molecule has 2 aliphatic heterocycles. The Morgan fingerprint density at radius 3 is 1.78 bits per heavy atom. The van der Waals surface area contributed by atoms with Crippen LogP contribution in [-0.2, 0) is 23.7 Å². The van der Waals surface area contributed by atoms with Crippen molar-refractivity contribution in [2.24, 2.45) is 0 Å². The van der Waals surface area contributed by atoms with Crippen molar-refractivity contribution in [2.75, 3.05) is 4.90 Å². The molecule has 0 aromatic heterocycles. The van der Waals surface area contributed by atoms with E-state index < -0.39 is 0 Å². The summed E-state index contributed by atoms with van der Waals surface area (Å²) in [7, 11) is 0. The summed E-state index contributed by atoms with van der Waals surface area (Å²) in [6.45, 7) is 22.6. The average molecular weight is 1060 g/mol. The van der Waals surface area contributed by atoms with Gasteiger partial charge in [-0.3, -0.25) is 0 Å². The minimum absolute atomic E-state index is 0.0152. The topological polar surface area (TPSA) is 3.24 Å². The number of nitrogens with zero attached hydrogens (tertiary/aromatic N) is 1. The second-order valence-corrected chi connectivity index (χ2v) is 24.8. The summed E-state index contributed by atoms with van der Waals surface area (Å²) < 4.78 is 0. The average Bonchev–Trinajstić information content (AvgIpc) is 3.39. The Labute approximate surface area is 489 Å².